The molecule has 0 spiro atoms. The van der Waals surface area contributed by atoms with Crippen LogP contribution in [0.4, 0.5) is 18.9 Å². The van der Waals surface area contributed by atoms with Gasteiger partial charge >= 0.3 is 12.1 Å². The molecule has 2 aromatic carbocycles. The minimum atomic E-state index is -5.08. The summed E-state index contributed by atoms with van der Waals surface area (Å²) in [4.78, 5) is 34.5. The minimum Gasteiger partial charge on any atom is -0.490 e. The molecule has 3 aromatic rings. The molecule has 0 aliphatic rings. The number of carboxylic acids is 1. The number of hydrogen-bond acceptors (Lipinski definition) is 8. The van der Waals surface area contributed by atoms with Crippen LogP contribution in [0.3, 0.4) is 0 Å². The Morgan fingerprint density at radius 3 is 2.21 bits per heavy atom. The van der Waals surface area contributed by atoms with E-state index >= 15 is 0 Å². The van der Waals surface area contributed by atoms with Crippen LogP contribution in [-0.2, 0) is 20.8 Å². The van der Waals surface area contributed by atoms with E-state index in [1.807, 2.05) is 37.6 Å². The van der Waals surface area contributed by atoms with E-state index < -0.39 is 24.1 Å². The molecule has 0 saturated carbocycles. The molecule has 1 unspecified atom stereocenters. The number of hydrazine groups is 1. The van der Waals surface area contributed by atoms with Gasteiger partial charge in [-0.2, -0.15) is 24.5 Å². The summed E-state index contributed by atoms with van der Waals surface area (Å²) in [5.74, 6) is -2.52. The van der Waals surface area contributed by atoms with E-state index in [2.05, 4.69) is 16.2 Å². The number of benzene rings is 2. The molecule has 43 heavy (non-hydrogen) atoms. The van der Waals surface area contributed by atoms with Crippen molar-refractivity contribution in [1.29, 1.82) is 5.41 Å². The number of nitrogens with one attached hydrogen (secondary N) is 4. The van der Waals surface area contributed by atoms with Crippen LogP contribution in [0.25, 0.3) is 0 Å². The highest BCUT2D eigenvalue weighted by Gasteiger charge is 2.38. The molecule has 0 aliphatic carbocycles. The number of nitrogens with two attached hydrogens (primary N) is 1. The van der Waals surface area contributed by atoms with Gasteiger partial charge in [0.1, 0.15) is 11.9 Å². The van der Waals surface area contributed by atoms with Crippen LogP contribution in [-0.4, -0.2) is 47.6 Å². The summed E-state index contributed by atoms with van der Waals surface area (Å²) in [5, 5.41) is 21.7. The van der Waals surface area contributed by atoms with Gasteiger partial charge in [0.2, 0.25) is 5.91 Å². The van der Waals surface area contributed by atoms with Crippen molar-refractivity contribution in [3.8, 4) is 11.5 Å². The number of carboxylic acid groups (broad SMARTS) is 1. The van der Waals surface area contributed by atoms with Crippen molar-refractivity contribution in [2.24, 2.45) is 5.73 Å². The molecule has 2 amide bonds. The van der Waals surface area contributed by atoms with Crippen molar-refractivity contribution in [2.75, 3.05) is 11.9 Å². The molecule has 0 fully saturated rings. The third kappa shape index (κ3) is 11.5. The Hall–Kier alpha value is -4.79. The lowest BCUT2D eigenvalue weighted by Crippen LogP contribution is -2.46. The second-order valence-electron chi connectivity index (χ2n) is 9.02. The fraction of sp³-hybridized carbons (Fsp3) is 0.286. The number of aliphatic carboxylic acids is 1. The van der Waals surface area contributed by atoms with Crippen LogP contribution < -0.4 is 31.4 Å². The number of rotatable bonds is 11. The van der Waals surface area contributed by atoms with E-state index in [0.717, 1.165) is 5.56 Å². The average molecular weight is 624 g/mol. The molecule has 3 rings (SSSR count). The summed E-state index contributed by atoms with van der Waals surface area (Å²) in [6.07, 6.45) is -4.98. The van der Waals surface area contributed by atoms with Crippen LogP contribution in [0.1, 0.15) is 43.5 Å². The maximum Gasteiger partial charge on any atom is 0.490 e. The fourth-order valence-corrected chi connectivity index (χ4v) is 4.03. The first-order valence-electron chi connectivity index (χ1n) is 12.8. The molecule has 11 nitrogen and oxygen atoms in total. The Balaban J connectivity index is 0.000000821. The predicted octanol–water partition coefficient (Wildman–Crippen LogP) is 4.39. The predicted molar refractivity (Wildman–Crippen MR) is 155 cm³/mol. The van der Waals surface area contributed by atoms with Crippen molar-refractivity contribution in [3.63, 3.8) is 0 Å². The van der Waals surface area contributed by atoms with Crippen molar-refractivity contribution in [2.45, 2.75) is 45.5 Å². The molecule has 0 aliphatic heterocycles. The lowest BCUT2D eigenvalue weighted by Gasteiger charge is -2.22. The first-order chi connectivity index (χ1) is 20.2. The van der Waals surface area contributed by atoms with E-state index in [0.29, 0.717) is 34.9 Å². The molecule has 0 bridgehead atoms. The first kappa shape index (κ1) is 34.4. The quantitative estimate of drug-likeness (QED) is 0.104. The smallest absolute Gasteiger partial charge is 0.490 e. The largest absolute Gasteiger partial charge is 0.490 e. The lowest BCUT2D eigenvalue weighted by atomic mass is 10.0. The van der Waals surface area contributed by atoms with Gasteiger partial charge in [-0.25, -0.2) is 4.79 Å². The number of carbonyl (C=O) groups excluding carboxylic acids is 2. The maximum atomic E-state index is 13.2. The highest BCUT2D eigenvalue weighted by atomic mass is 32.1. The number of alkyl halides is 3. The molecule has 7 N–H and O–H groups in total. The summed E-state index contributed by atoms with van der Waals surface area (Å²) >= 11 is 1.50. The summed E-state index contributed by atoms with van der Waals surface area (Å²) in [6, 6.07) is 13.1. The van der Waals surface area contributed by atoms with Gasteiger partial charge in [-0.1, -0.05) is 6.07 Å². The Bertz CT molecular complexity index is 1380. The minimum absolute atomic E-state index is 0.0497. The summed E-state index contributed by atoms with van der Waals surface area (Å²) < 4.78 is 43.3. The number of thiophene rings is 1. The second-order valence-corrected chi connectivity index (χ2v) is 9.80. The second kappa shape index (κ2) is 16.0. The van der Waals surface area contributed by atoms with Crippen molar-refractivity contribution >= 4 is 40.6 Å². The van der Waals surface area contributed by atoms with E-state index in [-0.39, 0.29) is 24.3 Å². The molecular weight excluding hydrogens is 591 g/mol. The number of nitrogen functional groups attached to an aromatic ring is 1. The number of anilines is 1. The topological polar surface area (TPSA) is 176 Å². The van der Waals surface area contributed by atoms with Gasteiger partial charge in [-0.05, 0) is 85.1 Å². The summed E-state index contributed by atoms with van der Waals surface area (Å²) in [6.45, 7) is 6.14. The van der Waals surface area contributed by atoms with Gasteiger partial charge in [0.05, 0.1) is 19.1 Å². The SMILES string of the molecule is CCOc1cc(C(Nc2ccc(C(=N)N)cc2)C(=O)NNC(=O)Cc2ccsc2)ccc1OC(C)C.O=C(O)C(F)(F)F. The van der Waals surface area contributed by atoms with E-state index in [1.54, 1.807) is 42.5 Å². The standard InChI is InChI=1S/C26H31N5O4S.C2HF3O2/c1-4-34-22-14-19(7-10-21(22)35-16(2)3)24(29-20-8-5-18(6-9-20)25(27)28)26(33)31-30-23(32)13-17-11-12-36-15-17;3-2(4,5)1(6)7/h5-12,14-16,24,29H,4,13H2,1-3H3,(H3,27,28)(H,30,32)(H,31,33);(H,6,7). The molecule has 1 aromatic heterocycles. The summed E-state index contributed by atoms with van der Waals surface area (Å²) in [7, 11) is 0. The Kier molecular flexibility index (Phi) is 12.8. The van der Waals surface area contributed by atoms with Crippen LogP contribution >= 0.6 is 11.3 Å². The van der Waals surface area contributed by atoms with Crippen molar-refractivity contribution in [3.05, 3.63) is 76.0 Å². The lowest BCUT2D eigenvalue weighted by molar-refractivity contribution is -0.192. The number of amides is 2. The molecule has 0 radical (unpaired) electrons. The zero-order valence-electron chi connectivity index (χ0n) is 23.5. The molecule has 15 heteroatoms. The monoisotopic (exact) mass is 623 g/mol. The third-order valence-electron chi connectivity index (χ3n) is 5.25. The van der Waals surface area contributed by atoms with Gasteiger partial charge in [-0.3, -0.25) is 25.8 Å². The van der Waals surface area contributed by atoms with Gasteiger partial charge < -0.3 is 25.6 Å². The van der Waals surface area contributed by atoms with Gasteiger partial charge in [0.15, 0.2) is 11.5 Å². The van der Waals surface area contributed by atoms with E-state index in [9.17, 15) is 22.8 Å². The van der Waals surface area contributed by atoms with Gasteiger partial charge in [-0.15, -0.1) is 0 Å². The molecule has 0 saturated heterocycles. The summed E-state index contributed by atoms with van der Waals surface area (Å²) in [5.41, 5.74) is 13.2. The third-order valence-corrected chi connectivity index (χ3v) is 5.98. The van der Waals surface area contributed by atoms with E-state index in [4.69, 9.17) is 30.5 Å². The van der Waals surface area contributed by atoms with Gasteiger partial charge in [0.25, 0.3) is 5.91 Å². The van der Waals surface area contributed by atoms with Crippen molar-refractivity contribution in [1.82, 2.24) is 10.9 Å². The molecular formula is C28H32F3N5O6S. The number of halogens is 3. The average Bonchev–Trinajstić information content (AvgIpc) is 3.44. The van der Waals surface area contributed by atoms with Crippen LogP contribution in [0, 0.1) is 5.41 Å². The van der Waals surface area contributed by atoms with Crippen LogP contribution in [0.15, 0.2) is 59.3 Å². The van der Waals surface area contributed by atoms with Gasteiger partial charge in [0, 0.05) is 11.3 Å². The van der Waals surface area contributed by atoms with Crippen molar-refractivity contribution < 1.29 is 42.1 Å². The zero-order valence-corrected chi connectivity index (χ0v) is 24.3. The van der Waals surface area contributed by atoms with E-state index in [1.165, 1.54) is 11.3 Å². The Morgan fingerprint density at radius 1 is 1.05 bits per heavy atom. The molecule has 1 heterocycles. The highest BCUT2D eigenvalue weighted by molar-refractivity contribution is 7.08. The maximum absolute atomic E-state index is 13.2. The Labute approximate surface area is 249 Å². The molecule has 1 atom stereocenters. The molecule has 232 valence electrons. The fourth-order valence-electron chi connectivity index (χ4n) is 3.36. The number of carbonyl (C=O) groups is 3. The number of hydrogen-bond donors (Lipinski definition) is 6. The zero-order chi connectivity index (χ0) is 32.2. The first-order valence-corrected chi connectivity index (χ1v) is 13.7. The van der Waals surface area contributed by atoms with Crippen LogP contribution in [0.2, 0.25) is 0 Å². The number of ether oxygens (including phenoxy) is 2. The Morgan fingerprint density at radius 2 is 1.70 bits per heavy atom. The number of amidine groups is 1. The highest BCUT2D eigenvalue weighted by Crippen LogP contribution is 2.33. The normalized spacial score (nSPS) is 11.4. The van der Waals surface area contributed by atoms with Crippen LogP contribution in [0.5, 0.6) is 11.5 Å².